The van der Waals surface area contributed by atoms with E-state index >= 15 is 0 Å². The molecule has 0 saturated carbocycles. The maximum absolute atomic E-state index is 12.1. The Hall–Kier alpha value is -2.86. The van der Waals surface area contributed by atoms with Gasteiger partial charge in [0.1, 0.15) is 11.6 Å². The minimum atomic E-state index is -3.71. The number of primary sulfonamides is 1. The van der Waals surface area contributed by atoms with Crippen molar-refractivity contribution in [3.05, 3.63) is 76.5 Å². The number of amides is 1. The summed E-state index contributed by atoms with van der Waals surface area (Å²) in [4.78, 5) is 12.1. The number of hydrogen-bond donors (Lipinski definition) is 3. The van der Waals surface area contributed by atoms with E-state index < -0.39 is 15.9 Å². The number of nitrogens with two attached hydrogens (primary N) is 1. The van der Waals surface area contributed by atoms with Crippen LogP contribution >= 0.6 is 11.6 Å². The molecule has 2 aromatic carbocycles. The molecule has 7 nitrogen and oxygen atoms in total. The number of hydrogen-bond acceptors (Lipinski definition) is 5. The number of nitrogens with one attached hydrogen (secondary N) is 2. The van der Waals surface area contributed by atoms with Gasteiger partial charge in [-0.3, -0.25) is 4.79 Å². The SMILES string of the molecule is N#C/C(=C/NCCc1ccc(S(N)(=O)=O)cc1)C(=O)NCc1ccccc1Cl. The van der Waals surface area contributed by atoms with E-state index in [4.69, 9.17) is 22.0 Å². The summed E-state index contributed by atoms with van der Waals surface area (Å²) < 4.78 is 22.4. The van der Waals surface area contributed by atoms with E-state index in [0.29, 0.717) is 18.0 Å². The normalized spacial score (nSPS) is 11.5. The van der Waals surface area contributed by atoms with Crippen LogP contribution in [0.25, 0.3) is 0 Å². The van der Waals surface area contributed by atoms with E-state index in [1.807, 2.05) is 12.1 Å². The smallest absolute Gasteiger partial charge is 0.263 e. The number of carbonyl (C=O) groups is 1. The molecule has 0 aromatic heterocycles. The van der Waals surface area contributed by atoms with Crippen LogP contribution in [-0.4, -0.2) is 20.9 Å². The molecule has 4 N–H and O–H groups in total. The van der Waals surface area contributed by atoms with Crippen molar-refractivity contribution in [2.75, 3.05) is 6.54 Å². The fourth-order valence-corrected chi connectivity index (χ4v) is 3.02. The molecule has 0 aliphatic heterocycles. The molecule has 0 saturated heterocycles. The first kappa shape index (κ1) is 21.4. The molecule has 0 aliphatic carbocycles. The molecule has 28 heavy (non-hydrogen) atoms. The topological polar surface area (TPSA) is 125 Å². The molecule has 0 heterocycles. The molecule has 0 radical (unpaired) electrons. The first-order chi connectivity index (χ1) is 13.3. The average molecular weight is 419 g/mol. The third kappa shape index (κ3) is 6.39. The summed E-state index contributed by atoms with van der Waals surface area (Å²) in [6.45, 7) is 0.672. The molecule has 0 fully saturated rings. The Morgan fingerprint density at radius 1 is 1.18 bits per heavy atom. The van der Waals surface area contributed by atoms with Crippen molar-refractivity contribution in [1.82, 2.24) is 10.6 Å². The van der Waals surface area contributed by atoms with E-state index in [1.54, 1.807) is 30.3 Å². The van der Waals surface area contributed by atoms with E-state index in [9.17, 15) is 13.2 Å². The molecule has 0 bridgehead atoms. The summed E-state index contributed by atoms with van der Waals surface area (Å²) in [5.74, 6) is -0.507. The monoisotopic (exact) mass is 418 g/mol. The fraction of sp³-hybridized carbons (Fsp3) is 0.158. The molecule has 2 rings (SSSR count). The summed E-state index contributed by atoms with van der Waals surface area (Å²) in [5.41, 5.74) is 1.58. The standard InChI is InChI=1S/C19H19ClN4O3S/c20-18-4-2-1-3-15(18)13-24-19(25)16(11-21)12-23-10-9-14-5-7-17(8-6-14)28(22,26)27/h1-8,12,23H,9-10,13H2,(H,24,25)(H2,22,26,27)/b16-12-. The van der Waals surface area contributed by atoms with Gasteiger partial charge in [0.25, 0.3) is 5.91 Å². The second-order valence-electron chi connectivity index (χ2n) is 5.84. The van der Waals surface area contributed by atoms with Crippen molar-refractivity contribution in [1.29, 1.82) is 5.26 Å². The van der Waals surface area contributed by atoms with Crippen LogP contribution in [0.2, 0.25) is 5.02 Å². The zero-order valence-electron chi connectivity index (χ0n) is 14.9. The van der Waals surface area contributed by atoms with Gasteiger partial charge in [0, 0.05) is 24.3 Å². The Bertz CT molecular complexity index is 1010. The molecule has 9 heteroatoms. The highest BCUT2D eigenvalue weighted by Crippen LogP contribution is 2.14. The minimum absolute atomic E-state index is 0.0473. The molecule has 146 valence electrons. The van der Waals surface area contributed by atoms with Crippen LogP contribution in [-0.2, 0) is 27.8 Å². The minimum Gasteiger partial charge on any atom is -0.389 e. The lowest BCUT2D eigenvalue weighted by Crippen LogP contribution is -2.25. The lowest BCUT2D eigenvalue weighted by atomic mass is 10.1. The lowest BCUT2D eigenvalue weighted by Gasteiger charge is -2.07. The predicted octanol–water partition coefficient (Wildman–Crippen LogP) is 1.84. The summed E-state index contributed by atoms with van der Waals surface area (Å²) in [6, 6.07) is 15.2. The number of carbonyl (C=O) groups excluding carboxylic acids is 1. The van der Waals surface area contributed by atoms with Crippen molar-refractivity contribution < 1.29 is 13.2 Å². The Morgan fingerprint density at radius 2 is 1.86 bits per heavy atom. The molecular formula is C19H19ClN4O3S. The molecular weight excluding hydrogens is 400 g/mol. The molecule has 0 aliphatic rings. The highest BCUT2D eigenvalue weighted by molar-refractivity contribution is 7.89. The van der Waals surface area contributed by atoms with Crippen LogP contribution in [0.5, 0.6) is 0 Å². The van der Waals surface area contributed by atoms with Gasteiger partial charge in [-0.05, 0) is 35.7 Å². The van der Waals surface area contributed by atoms with Crippen LogP contribution in [0, 0.1) is 11.3 Å². The Kier molecular flexibility index (Phi) is 7.58. The number of rotatable bonds is 8. The maximum atomic E-state index is 12.1. The van der Waals surface area contributed by atoms with E-state index in [1.165, 1.54) is 18.3 Å². The maximum Gasteiger partial charge on any atom is 0.263 e. The molecule has 0 atom stereocenters. The van der Waals surface area contributed by atoms with E-state index in [0.717, 1.165) is 11.1 Å². The van der Waals surface area contributed by atoms with Crippen molar-refractivity contribution in [3.63, 3.8) is 0 Å². The van der Waals surface area contributed by atoms with Gasteiger partial charge in [0.2, 0.25) is 10.0 Å². The van der Waals surface area contributed by atoms with Gasteiger partial charge in [-0.1, -0.05) is 41.9 Å². The Balaban J connectivity index is 1.85. The van der Waals surface area contributed by atoms with Gasteiger partial charge in [-0.25, -0.2) is 13.6 Å². The summed E-state index contributed by atoms with van der Waals surface area (Å²) in [5, 5.41) is 20.3. The molecule has 1 amide bonds. The van der Waals surface area contributed by atoms with Crippen LogP contribution < -0.4 is 15.8 Å². The van der Waals surface area contributed by atoms with Crippen molar-refractivity contribution in [2.45, 2.75) is 17.9 Å². The lowest BCUT2D eigenvalue weighted by molar-refractivity contribution is -0.117. The zero-order valence-corrected chi connectivity index (χ0v) is 16.4. The predicted molar refractivity (Wildman–Crippen MR) is 107 cm³/mol. The van der Waals surface area contributed by atoms with Gasteiger partial charge in [0.15, 0.2) is 0 Å². The molecule has 0 spiro atoms. The van der Waals surface area contributed by atoms with Crippen molar-refractivity contribution in [2.24, 2.45) is 5.14 Å². The van der Waals surface area contributed by atoms with Crippen LogP contribution in [0.4, 0.5) is 0 Å². The van der Waals surface area contributed by atoms with Gasteiger partial charge >= 0.3 is 0 Å². The summed E-state index contributed by atoms with van der Waals surface area (Å²) >= 11 is 6.03. The summed E-state index contributed by atoms with van der Waals surface area (Å²) in [7, 11) is -3.71. The molecule has 2 aromatic rings. The van der Waals surface area contributed by atoms with Crippen molar-refractivity contribution >= 4 is 27.5 Å². The fourth-order valence-electron chi connectivity index (χ4n) is 2.30. The van der Waals surface area contributed by atoms with Crippen LogP contribution in [0.1, 0.15) is 11.1 Å². The van der Waals surface area contributed by atoms with Gasteiger partial charge in [-0.15, -0.1) is 0 Å². The first-order valence-corrected chi connectivity index (χ1v) is 10.2. The van der Waals surface area contributed by atoms with E-state index in [-0.39, 0.29) is 17.0 Å². The van der Waals surface area contributed by atoms with Crippen LogP contribution in [0.3, 0.4) is 0 Å². The zero-order chi connectivity index (χ0) is 20.6. The van der Waals surface area contributed by atoms with E-state index in [2.05, 4.69) is 10.6 Å². The molecule has 0 unspecified atom stereocenters. The number of nitrogens with zero attached hydrogens (tertiary/aromatic N) is 1. The highest BCUT2D eigenvalue weighted by atomic mass is 35.5. The quantitative estimate of drug-likeness (QED) is 0.342. The number of nitriles is 1. The Labute approximate surface area is 168 Å². The van der Waals surface area contributed by atoms with Crippen molar-refractivity contribution in [3.8, 4) is 6.07 Å². The number of halogens is 1. The first-order valence-electron chi connectivity index (χ1n) is 8.28. The van der Waals surface area contributed by atoms with Gasteiger partial charge in [0.05, 0.1) is 4.90 Å². The van der Waals surface area contributed by atoms with Gasteiger partial charge < -0.3 is 10.6 Å². The largest absolute Gasteiger partial charge is 0.389 e. The summed E-state index contributed by atoms with van der Waals surface area (Å²) in [6.07, 6.45) is 1.92. The van der Waals surface area contributed by atoms with Crippen LogP contribution in [0.15, 0.2) is 65.2 Å². The second kappa shape index (κ2) is 9.90. The third-order valence-electron chi connectivity index (χ3n) is 3.82. The third-order valence-corrected chi connectivity index (χ3v) is 5.12. The number of sulfonamides is 1. The number of benzene rings is 2. The highest BCUT2D eigenvalue weighted by Gasteiger charge is 2.09. The van der Waals surface area contributed by atoms with Gasteiger partial charge in [-0.2, -0.15) is 5.26 Å². The average Bonchev–Trinajstić information content (AvgIpc) is 2.67. The second-order valence-corrected chi connectivity index (χ2v) is 7.81. The Morgan fingerprint density at radius 3 is 2.46 bits per heavy atom.